The average molecular weight is 295 g/mol. The summed E-state index contributed by atoms with van der Waals surface area (Å²) in [6.07, 6.45) is 0.0269. The third kappa shape index (κ3) is 3.83. The van der Waals surface area contributed by atoms with Crippen LogP contribution in [0.2, 0.25) is 0 Å². The SMILES string of the molecule is CCOc1cccc(N(C)CC2CNCCO2)c1[N+](=O)[O-]. The highest BCUT2D eigenvalue weighted by Crippen LogP contribution is 2.36. The summed E-state index contributed by atoms with van der Waals surface area (Å²) in [5.41, 5.74) is 0.547. The predicted molar refractivity (Wildman–Crippen MR) is 80.1 cm³/mol. The van der Waals surface area contributed by atoms with E-state index in [1.165, 1.54) is 0 Å². The van der Waals surface area contributed by atoms with Crippen LogP contribution in [0.1, 0.15) is 6.92 Å². The molecule has 1 saturated heterocycles. The van der Waals surface area contributed by atoms with Gasteiger partial charge < -0.3 is 19.7 Å². The Bertz CT molecular complexity index is 489. The van der Waals surface area contributed by atoms with Gasteiger partial charge in [0.25, 0.3) is 0 Å². The Morgan fingerprint density at radius 1 is 1.57 bits per heavy atom. The highest BCUT2D eigenvalue weighted by Gasteiger charge is 2.25. The minimum atomic E-state index is -0.392. The number of benzene rings is 1. The molecule has 2 rings (SSSR count). The normalized spacial score (nSPS) is 18.3. The fraction of sp³-hybridized carbons (Fsp3) is 0.571. The van der Waals surface area contributed by atoms with Crippen molar-refractivity contribution in [1.29, 1.82) is 0 Å². The predicted octanol–water partition coefficient (Wildman–Crippen LogP) is 1.42. The molecule has 7 heteroatoms. The lowest BCUT2D eigenvalue weighted by Gasteiger charge is -2.29. The van der Waals surface area contributed by atoms with Gasteiger partial charge in [-0.15, -0.1) is 0 Å². The molecule has 1 N–H and O–H groups in total. The summed E-state index contributed by atoms with van der Waals surface area (Å²) < 4.78 is 11.0. The van der Waals surface area contributed by atoms with E-state index in [4.69, 9.17) is 9.47 Å². The van der Waals surface area contributed by atoms with Crippen LogP contribution >= 0.6 is 0 Å². The third-order valence-corrected chi connectivity index (χ3v) is 3.35. The number of rotatable bonds is 6. The van der Waals surface area contributed by atoms with Gasteiger partial charge in [-0.25, -0.2) is 0 Å². The first-order chi connectivity index (χ1) is 10.1. The average Bonchev–Trinajstić information content (AvgIpc) is 2.48. The molecular weight excluding hydrogens is 274 g/mol. The van der Waals surface area contributed by atoms with Gasteiger partial charge >= 0.3 is 5.69 Å². The molecule has 0 spiro atoms. The lowest BCUT2D eigenvalue weighted by atomic mass is 10.2. The number of morpholine rings is 1. The van der Waals surface area contributed by atoms with Crippen LogP contribution in [0, 0.1) is 10.1 Å². The summed E-state index contributed by atoms with van der Waals surface area (Å²) in [6.45, 7) is 5.05. The molecule has 0 bridgehead atoms. The Morgan fingerprint density at radius 2 is 2.38 bits per heavy atom. The number of anilines is 1. The summed E-state index contributed by atoms with van der Waals surface area (Å²) in [5.74, 6) is 0.300. The number of likely N-dealkylation sites (N-methyl/N-ethyl adjacent to an activating group) is 1. The first-order valence-electron chi connectivity index (χ1n) is 7.07. The molecule has 0 aliphatic carbocycles. The van der Waals surface area contributed by atoms with Crippen molar-refractivity contribution in [2.24, 2.45) is 0 Å². The number of para-hydroxylation sites is 1. The fourth-order valence-electron chi connectivity index (χ4n) is 2.42. The second-order valence-corrected chi connectivity index (χ2v) is 4.89. The smallest absolute Gasteiger partial charge is 0.333 e. The highest BCUT2D eigenvalue weighted by molar-refractivity contribution is 5.69. The Morgan fingerprint density at radius 3 is 3.00 bits per heavy atom. The number of nitrogens with one attached hydrogen (secondary N) is 1. The van der Waals surface area contributed by atoms with E-state index in [1.807, 2.05) is 18.9 Å². The summed E-state index contributed by atoms with van der Waals surface area (Å²) >= 11 is 0. The van der Waals surface area contributed by atoms with Gasteiger partial charge in [0.05, 0.1) is 24.2 Å². The molecular formula is C14H21N3O4. The number of hydrogen-bond acceptors (Lipinski definition) is 6. The first kappa shape index (κ1) is 15.5. The lowest BCUT2D eigenvalue weighted by Crippen LogP contribution is -2.44. The number of ether oxygens (including phenoxy) is 2. The minimum absolute atomic E-state index is 0.00520. The molecule has 0 saturated carbocycles. The molecule has 1 atom stereocenters. The molecule has 1 aromatic rings. The number of nitrogens with zero attached hydrogens (tertiary/aromatic N) is 2. The largest absolute Gasteiger partial charge is 0.487 e. The topological polar surface area (TPSA) is 76.9 Å². The molecule has 1 aliphatic rings. The van der Waals surface area contributed by atoms with E-state index >= 15 is 0 Å². The van der Waals surface area contributed by atoms with Crippen molar-refractivity contribution in [3.05, 3.63) is 28.3 Å². The van der Waals surface area contributed by atoms with Gasteiger partial charge in [-0.1, -0.05) is 6.07 Å². The molecule has 1 aromatic carbocycles. The second kappa shape index (κ2) is 7.24. The van der Waals surface area contributed by atoms with Crippen molar-refractivity contribution in [3.8, 4) is 5.75 Å². The summed E-state index contributed by atoms with van der Waals surface area (Å²) in [6, 6.07) is 5.12. The Labute approximate surface area is 124 Å². The van der Waals surface area contributed by atoms with Crippen LogP contribution in [0.5, 0.6) is 5.75 Å². The van der Waals surface area contributed by atoms with E-state index in [2.05, 4.69) is 5.32 Å². The molecule has 1 heterocycles. The maximum atomic E-state index is 11.4. The van der Waals surface area contributed by atoms with Crippen LogP contribution in [0.3, 0.4) is 0 Å². The van der Waals surface area contributed by atoms with Crippen LogP contribution in [-0.2, 0) is 4.74 Å². The van der Waals surface area contributed by atoms with Crippen molar-refractivity contribution >= 4 is 11.4 Å². The van der Waals surface area contributed by atoms with E-state index in [1.54, 1.807) is 18.2 Å². The van der Waals surface area contributed by atoms with Crippen LogP contribution in [0.25, 0.3) is 0 Å². The van der Waals surface area contributed by atoms with Gasteiger partial charge in [0, 0.05) is 26.7 Å². The molecule has 7 nitrogen and oxygen atoms in total. The van der Waals surface area contributed by atoms with Crippen LogP contribution in [0.15, 0.2) is 18.2 Å². The van der Waals surface area contributed by atoms with E-state index in [-0.39, 0.29) is 11.8 Å². The molecule has 116 valence electrons. The lowest BCUT2D eigenvalue weighted by molar-refractivity contribution is -0.385. The number of nitro groups is 1. The van der Waals surface area contributed by atoms with E-state index < -0.39 is 4.92 Å². The number of hydrogen-bond donors (Lipinski definition) is 1. The van der Waals surface area contributed by atoms with Crippen LogP contribution < -0.4 is 15.0 Å². The van der Waals surface area contributed by atoms with E-state index in [0.717, 1.165) is 13.1 Å². The molecule has 1 unspecified atom stereocenters. The third-order valence-electron chi connectivity index (χ3n) is 3.35. The zero-order valence-corrected chi connectivity index (χ0v) is 12.4. The zero-order valence-electron chi connectivity index (χ0n) is 12.4. The molecule has 0 radical (unpaired) electrons. The molecule has 1 fully saturated rings. The highest BCUT2D eigenvalue weighted by atomic mass is 16.6. The van der Waals surface area contributed by atoms with Gasteiger partial charge in [-0.05, 0) is 19.1 Å². The van der Waals surface area contributed by atoms with Gasteiger partial charge in [-0.3, -0.25) is 10.1 Å². The monoisotopic (exact) mass is 295 g/mol. The van der Waals surface area contributed by atoms with Crippen LogP contribution in [0.4, 0.5) is 11.4 Å². The van der Waals surface area contributed by atoms with Gasteiger partial charge in [0.15, 0.2) is 5.75 Å². The van der Waals surface area contributed by atoms with Crippen LogP contribution in [-0.4, -0.2) is 50.9 Å². The van der Waals surface area contributed by atoms with Crippen molar-refractivity contribution in [3.63, 3.8) is 0 Å². The van der Waals surface area contributed by atoms with E-state index in [9.17, 15) is 10.1 Å². The summed E-state index contributed by atoms with van der Waals surface area (Å²) in [4.78, 5) is 12.8. The Hall–Kier alpha value is -1.86. The van der Waals surface area contributed by atoms with Crippen molar-refractivity contribution in [2.75, 3.05) is 44.8 Å². The molecule has 0 amide bonds. The minimum Gasteiger partial charge on any atom is -0.487 e. The Balaban J connectivity index is 2.20. The summed E-state index contributed by atoms with van der Waals surface area (Å²) in [5, 5.41) is 14.6. The van der Waals surface area contributed by atoms with Crippen molar-refractivity contribution in [1.82, 2.24) is 5.32 Å². The number of nitro benzene ring substituents is 1. The van der Waals surface area contributed by atoms with E-state index in [0.29, 0.717) is 31.2 Å². The molecule has 1 aliphatic heterocycles. The maximum absolute atomic E-state index is 11.4. The maximum Gasteiger partial charge on any atom is 0.333 e. The van der Waals surface area contributed by atoms with Gasteiger partial charge in [-0.2, -0.15) is 0 Å². The molecule has 21 heavy (non-hydrogen) atoms. The van der Waals surface area contributed by atoms with Crippen molar-refractivity contribution < 1.29 is 14.4 Å². The Kier molecular flexibility index (Phi) is 5.35. The zero-order chi connectivity index (χ0) is 15.2. The quantitative estimate of drug-likeness (QED) is 0.632. The van der Waals surface area contributed by atoms with Crippen molar-refractivity contribution in [2.45, 2.75) is 13.0 Å². The second-order valence-electron chi connectivity index (χ2n) is 4.89. The van der Waals surface area contributed by atoms with Gasteiger partial charge in [0.2, 0.25) is 0 Å². The first-order valence-corrected chi connectivity index (χ1v) is 7.07. The molecule has 0 aromatic heterocycles. The summed E-state index contributed by atoms with van der Waals surface area (Å²) in [7, 11) is 1.83. The fourth-order valence-corrected chi connectivity index (χ4v) is 2.42. The standard InChI is InChI=1S/C14H21N3O4/c1-3-20-13-6-4-5-12(14(13)17(18)19)16(2)10-11-9-15-7-8-21-11/h4-6,11,15H,3,7-10H2,1-2H3. The van der Waals surface area contributed by atoms with Gasteiger partial charge in [0.1, 0.15) is 5.69 Å².